The summed E-state index contributed by atoms with van der Waals surface area (Å²) in [4.78, 5) is 29.1. The van der Waals surface area contributed by atoms with Crippen LogP contribution in [0.1, 0.15) is 37.8 Å². The van der Waals surface area contributed by atoms with Crippen molar-refractivity contribution < 1.29 is 13.6 Å². The lowest BCUT2D eigenvalue weighted by Gasteiger charge is -2.36. The fourth-order valence-electron chi connectivity index (χ4n) is 4.98. The van der Waals surface area contributed by atoms with Gasteiger partial charge in [-0.15, -0.1) is 0 Å². The van der Waals surface area contributed by atoms with E-state index in [1.54, 1.807) is 29.9 Å². The molecule has 3 heterocycles. The van der Waals surface area contributed by atoms with Crippen LogP contribution in [-0.2, 0) is 11.9 Å². The predicted molar refractivity (Wildman–Crippen MR) is 136 cm³/mol. The molecule has 2 saturated carbocycles. The van der Waals surface area contributed by atoms with Crippen LogP contribution in [0.25, 0.3) is 11.0 Å². The summed E-state index contributed by atoms with van der Waals surface area (Å²) < 4.78 is 28.1. The Morgan fingerprint density at radius 1 is 1.25 bits per heavy atom. The van der Waals surface area contributed by atoms with Crippen LogP contribution in [0, 0.1) is 11.8 Å². The van der Waals surface area contributed by atoms with Crippen LogP contribution >= 0.6 is 11.6 Å². The normalized spacial score (nSPS) is 23.5. The zero-order chi connectivity index (χ0) is 25.4. The highest BCUT2D eigenvalue weighted by Crippen LogP contribution is 2.48. The number of oxime groups is 1. The third kappa shape index (κ3) is 4.93. The van der Waals surface area contributed by atoms with Crippen molar-refractivity contribution in [3.05, 3.63) is 63.8 Å². The van der Waals surface area contributed by atoms with Crippen molar-refractivity contribution in [2.75, 3.05) is 18.6 Å². The van der Waals surface area contributed by atoms with Gasteiger partial charge in [-0.25, -0.2) is 13.8 Å². The Labute approximate surface area is 212 Å². The first-order valence-corrected chi connectivity index (χ1v) is 12.5. The summed E-state index contributed by atoms with van der Waals surface area (Å²) in [7, 11) is 3.70. The molecule has 190 valence electrons. The van der Waals surface area contributed by atoms with Crippen LogP contribution in [-0.4, -0.2) is 45.9 Å². The average molecular weight is 516 g/mol. The van der Waals surface area contributed by atoms with Gasteiger partial charge in [0, 0.05) is 44.7 Å². The predicted octanol–water partition coefficient (Wildman–Crippen LogP) is 5.05. The number of nitrogens with zero attached hydrogens (tertiary/aromatic N) is 5. The van der Waals surface area contributed by atoms with Crippen LogP contribution in [0.15, 0.2) is 52.5 Å². The second-order valence-electron chi connectivity index (χ2n) is 9.69. The minimum absolute atomic E-state index is 0.0903. The number of pyridine rings is 3. The van der Waals surface area contributed by atoms with Crippen molar-refractivity contribution in [3.63, 3.8) is 0 Å². The summed E-state index contributed by atoms with van der Waals surface area (Å²) in [5.41, 5.74) is 3.47. The molecule has 0 saturated heterocycles. The number of anilines is 1. The Morgan fingerprint density at radius 2 is 2.00 bits per heavy atom. The number of aryl methyl sites for hydroxylation is 1. The van der Waals surface area contributed by atoms with E-state index >= 15 is 0 Å². The van der Waals surface area contributed by atoms with E-state index < -0.39 is 11.8 Å². The van der Waals surface area contributed by atoms with Crippen molar-refractivity contribution in [2.45, 2.75) is 44.1 Å². The molecule has 2 fully saturated rings. The van der Waals surface area contributed by atoms with Crippen molar-refractivity contribution in [3.8, 4) is 0 Å². The summed E-state index contributed by atoms with van der Waals surface area (Å²) in [5, 5.41) is 4.68. The molecule has 5 rings (SSSR count). The highest BCUT2D eigenvalue weighted by atomic mass is 35.5. The molecule has 0 aliphatic heterocycles. The first-order chi connectivity index (χ1) is 17.2. The van der Waals surface area contributed by atoms with E-state index in [4.69, 9.17) is 16.4 Å². The van der Waals surface area contributed by atoms with Crippen LogP contribution in [0.4, 0.5) is 14.5 Å². The molecule has 0 radical (unpaired) electrons. The van der Waals surface area contributed by atoms with Gasteiger partial charge in [0.25, 0.3) is 11.5 Å². The highest BCUT2D eigenvalue weighted by Gasteiger charge is 2.57. The van der Waals surface area contributed by atoms with Crippen molar-refractivity contribution in [1.29, 1.82) is 0 Å². The fraction of sp³-hybridized carbons (Fsp3) is 0.462. The Morgan fingerprint density at radius 3 is 2.67 bits per heavy atom. The second kappa shape index (κ2) is 9.76. The summed E-state index contributed by atoms with van der Waals surface area (Å²) in [5.74, 6) is -3.30. The molecule has 1 atom stereocenters. The Hall–Kier alpha value is -3.07. The number of alkyl halides is 2. The zero-order valence-electron chi connectivity index (χ0n) is 20.2. The molecule has 3 aromatic rings. The molecular weight excluding hydrogens is 488 g/mol. The number of halogens is 3. The Kier molecular flexibility index (Phi) is 6.68. The minimum atomic E-state index is -2.63. The molecule has 2 aliphatic carbocycles. The van der Waals surface area contributed by atoms with E-state index in [2.05, 4.69) is 20.0 Å². The first-order valence-electron chi connectivity index (χ1n) is 12.1. The molecule has 2 aliphatic rings. The molecule has 0 unspecified atom stereocenters. The van der Waals surface area contributed by atoms with E-state index in [1.165, 1.54) is 0 Å². The van der Waals surface area contributed by atoms with E-state index in [0.29, 0.717) is 22.1 Å². The lowest BCUT2D eigenvalue weighted by Crippen LogP contribution is -2.38. The third-order valence-electron chi connectivity index (χ3n) is 7.37. The summed E-state index contributed by atoms with van der Waals surface area (Å²) in [6, 6.07) is 10.9. The number of hydrogen-bond donors (Lipinski definition) is 0. The number of aromatic nitrogens is 3. The Bertz CT molecular complexity index is 1340. The van der Waals surface area contributed by atoms with Crippen LogP contribution in [0.2, 0.25) is 5.15 Å². The maximum Gasteiger partial charge on any atom is 0.255 e. The van der Waals surface area contributed by atoms with Gasteiger partial charge in [-0.3, -0.25) is 9.78 Å². The quantitative estimate of drug-likeness (QED) is 0.250. The largest absolute Gasteiger partial charge is 0.395 e. The van der Waals surface area contributed by atoms with E-state index in [1.807, 2.05) is 31.3 Å². The summed E-state index contributed by atoms with van der Waals surface area (Å²) in [6.07, 6.45) is 4.90. The molecule has 3 aromatic heterocycles. The Balaban J connectivity index is 1.33. The van der Waals surface area contributed by atoms with Gasteiger partial charge >= 0.3 is 0 Å². The van der Waals surface area contributed by atoms with Crippen LogP contribution < -0.4 is 10.5 Å². The molecule has 36 heavy (non-hydrogen) atoms. The minimum Gasteiger partial charge on any atom is -0.395 e. The van der Waals surface area contributed by atoms with Crippen molar-refractivity contribution >= 4 is 34.0 Å². The maximum absolute atomic E-state index is 13.2. The molecule has 0 aromatic carbocycles. The fourth-order valence-corrected chi connectivity index (χ4v) is 5.13. The van der Waals surface area contributed by atoms with Gasteiger partial charge in [0.1, 0.15) is 23.0 Å². The van der Waals surface area contributed by atoms with Gasteiger partial charge in [0.15, 0.2) is 0 Å². The summed E-state index contributed by atoms with van der Waals surface area (Å²) in [6.45, 7) is -0.0903. The molecular formula is C26H28ClF2N5O2. The van der Waals surface area contributed by atoms with Gasteiger partial charge in [0.2, 0.25) is 0 Å². The monoisotopic (exact) mass is 515 g/mol. The van der Waals surface area contributed by atoms with Crippen LogP contribution in [0.3, 0.4) is 0 Å². The van der Waals surface area contributed by atoms with E-state index in [0.717, 1.165) is 36.9 Å². The second-order valence-corrected chi connectivity index (χ2v) is 10.1. The van der Waals surface area contributed by atoms with Gasteiger partial charge < -0.3 is 14.3 Å². The smallest absolute Gasteiger partial charge is 0.255 e. The van der Waals surface area contributed by atoms with Gasteiger partial charge in [-0.2, -0.15) is 0 Å². The number of hydrogen-bond acceptors (Lipinski definition) is 6. The topological polar surface area (TPSA) is 72.6 Å². The maximum atomic E-state index is 13.2. The number of rotatable bonds is 7. The average Bonchev–Trinajstić information content (AvgIpc) is 3.50. The third-order valence-corrected chi connectivity index (χ3v) is 7.58. The zero-order valence-corrected chi connectivity index (χ0v) is 21.0. The number of fused-ring (bicyclic) bond motifs is 1. The summed E-state index contributed by atoms with van der Waals surface area (Å²) >= 11 is 6.18. The lowest BCUT2D eigenvalue weighted by molar-refractivity contribution is 0.0566. The van der Waals surface area contributed by atoms with Crippen molar-refractivity contribution in [2.24, 2.45) is 24.0 Å². The molecule has 10 heteroatoms. The molecule has 0 spiro atoms. The highest BCUT2D eigenvalue weighted by molar-refractivity contribution is 6.29. The van der Waals surface area contributed by atoms with Gasteiger partial charge in [-0.05, 0) is 49.9 Å². The van der Waals surface area contributed by atoms with Gasteiger partial charge in [0.05, 0.1) is 22.8 Å². The SMILES string of the molecule is CN(c1cc(=O)n(C)c2ccc(Cl)nc12)C1CCC(/C(=N\OC[C@@H]2CC2(F)F)c2ccccn2)CC1. The van der Waals surface area contributed by atoms with Gasteiger partial charge in [-0.1, -0.05) is 22.8 Å². The molecule has 0 bridgehead atoms. The first kappa shape index (κ1) is 24.6. The van der Waals surface area contributed by atoms with E-state index in [-0.39, 0.29) is 30.5 Å². The molecule has 7 nitrogen and oxygen atoms in total. The van der Waals surface area contributed by atoms with Crippen LogP contribution in [0.5, 0.6) is 0 Å². The lowest BCUT2D eigenvalue weighted by atomic mass is 9.81. The standard InChI is InChI=1S/C26H28ClF2N5O2/c1-33(21-13-23(35)34(2)20-10-11-22(27)31-25(20)21)18-8-6-16(7-9-18)24(19-5-3-4-12-30-19)32-36-15-17-14-26(17,28)29/h3-5,10-13,16-18H,6-9,14-15H2,1-2H3/b32-24+/t16?,17-,18?/m0/s1. The van der Waals surface area contributed by atoms with Crippen molar-refractivity contribution in [1.82, 2.24) is 14.5 Å². The van der Waals surface area contributed by atoms with E-state index in [9.17, 15) is 13.6 Å². The molecule has 0 N–H and O–H groups in total. The molecule has 0 amide bonds.